The van der Waals surface area contributed by atoms with Gasteiger partial charge in [0.2, 0.25) is 0 Å². The first kappa shape index (κ1) is 12.5. The van der Waals surface area contributed by atoms with E-state index in [1.165, 1.54) is 5.56 Å². The van der Waals surface area contributed by atoms with Crippen LogP contribution in [0.5, 0.6) is 0 Å². The minimum Gasteiger partial charge on any atom is -0.359 e. The Morgan fingerprint density at radius 2 is 2.12 bits per heavy atom. The summed E-state index contributed by atoms with van der Waals surface area (Å²) >= 11 is 1.57. The van der Waals surface area contributed by atoms with Gasteiger partial charge in [-0.2, -0.15) is 0 Å². The molecule has 2 rings (SSSR count). The van der Waals surface area contributed by atoms with Crippen molar-refractivity contribution in [2.75, 3.05) is 26.9 Å². The summed E-state index contributed by atoms with van der Waals surface area (Å²) in [6.45, 7) is 0.970. The third kappa shape index (κ3) is 2.64. The topological polar surface area (TPSA) is 19.0 Å². The zero-order valence-corrected chi connectivity index (χ0v) is 11.2. The SMILES string of the molecule is CSc1cc(F)c2[nH]cc(CCN(C)C)c2c1. The van der Waals surface area contributed by atoms with Gasteiger partial charge in [-0.05, 0) is 44.5 Å². The molecule has 4 heteroatoms. The molecule has 0 unspecified atom stereocenters. The molecule has 0 atom stereocenters. The number of nitrogens with zero attached hydrogens (tertiary/aromatic N) is 1. The van der Waals surface area contributed by atoms with Gasteiger partial charge in [0.25, 0.3) is 0 Å². The fourth-order valence-electron chi connectivity index (χ4n) is 1.89. The van der Waals surface area contributed by atoms with Crippen LogP contribution in [0.4, 0.5) is 4.39 Å². The molecule has 0 bridgehead atoms. The first-order valence-electron chi connectivity index (χ1n) is 5.60. The summed E-state index contributed by atoms with van der Waals surface area (Å²) in [6, 6.07) is 3.64. The van der Waals surface area contributed by atoms with Crippen molar-refractivity contribution in [3.05, 3.63) is 29.7 Å². The number of rotatable bonds is 4. The van der Waals surface area contributed by atoms with Crippen LogP contribution < -0.4 is 0 Å². The van der Waals surface area contributed by atoms with Gasteiger partial charge in [-0.15, -0.1) is 11.8 Å². The van der Waals surface area contributed by atoms with Gasteiger partial charge in [0, 0.05) is 23.0 Å². The van der Waals surface area contributed by atoms with Crippen molar-refractivity contribution in [1.82, 2.24) is 9.88 Å². The highest BCUT2D eigenvalue weighted by molar-refractivity contribution is 7.98. The molecule has 0 fully saturated rings. The van der Waals surface area contributed by atoms with E-state index in [2.05, 4.69) is 16.0 Å². The van der Waals surface area contributed by atoms with Crippen molar-refractivity contribution < 1.29 is 4.39 Å². The van der Waals surface area contributed by atoms with Gasteiger partial charge < -0.3 is 9.88 Å². The maximum atomic E-state index is 13.8. The Morgan fingerprint density at radius 1 is 1.35 bits per heavy atom. The molecule has 0 amide bonds. The van der Waals surface area contributed by atoms with E-state index in [9.17, 15) is 4.39 Å². The zero-order chi connectivity index (χ0) is 12.4. The van der Waals surface area contributed by atoms with E-state index in [1.54, 1.807) is 17.8 Å². The van der Waals surface area contributed by atoms with Crippen molar-refractivity contribution in [3.63, 3.8) is 0 Å². The Kier molecular flexibility index (Phi) is 3.74. The summed E-state index contributed by atoms with van der Waals surface area (Å²) in [7, 11) is 4.09. The number of halogens is 1. The van der Waals surface area contributed by atoms with Crippen molar-refractivity contribution in [1.29, 1.82) is 0 Å². The zero-order valence-electron chi connectivity index (χ0n) is 10.4. The Hall–Kier alpha value is -1.00. The molecule has 2 aromatic rings. The largest absolute Gasteiger partial charge is 0.359 e. The smallest absolute Gasteiger partial charge is 0.148 e. The lowest BCUT2D eigenvalue weighted by Crippen LogP contribution is -2.14. The van der Waals surface area contributed by atoms with Gasteiger partial charge in [-0.3, -0.25) is 0 Å². The second-order valence-electron chi connectivity index (χ2n) is 4.40. The van der Waals surface area contributed by atoms with Crippen LogP contribution in [0.1, 0.15) is 5.56 Å². The Morgan fingerprint density at radius 3 is 2.76 bits per heavy atom. The maximum Gasteiger partial charge on any atom is 0.148 e. The van der Waals surface area contributed by atoms with Gasteiger partial charge in [-0.1, -0.05) is 0 Å². The molecule has 0 aliphatic rings. The minimum absolute atomic E-state index is 0.164. The van der Waals surface area contributed by atoms with Gasteiger partial charge in [0.05, 0.1) is 5.52 Å². The number of hydrogen-bond donors (Lipinski definition) is 1. The van der Waals surface area contributed by atoms with Gasteiger partial charge in [0.15, 0.2) is 0 Å². The quantitative estimate of drug-likeness (QED) is 0.843. The second kappa shape index (κ2) is 5.10. The van der Waals surface area contributed by atoms with E-state index in [1.807, 2.05) is 26.5 Å². The molecule has 1 aromatic carbocycles. The van der Waals surface area contributed by atoms with Crippen LogP contribution in [0.2, 0.25) is 0 Å². The average Bonchev–Trinajstić information content (AvgIpc) is 2.69. The van der Waals surface area contributed by atoms with E-state index < -0.39 is 0 Å². The molecule has 2 nitrogen and oxygen atoms in total. The normalized spacial score (nSPS) is 11.6. The summed E-state index contributed by atoms with van der Waals surface area (Å²) in [4.78, 5) is 6.13. The number of aromatic nitrogens is 1. The first-order valence-corrected chi connectivity index (χ1v) is 6.82. The standard InChI is InChI=1S/C13H17FN2S/c1-16(2)5-4-9-8-15-13-11(9)6-10(17-3)7-12(13)14/h6-8,15H,4-5H2,1-3H3. The van der Waals surface area contributed by atoms with Crippen LogP contribution in [0.15, 0.2) is 23.2 Å². The fourth-order valence-corrected chi connectivity index (χ4v) is 2.34. The number of aromatic amines is 1. The van der Waals surface area contributed by atoms with E-state index in [0.717, 1.165) is 23.2 Å². The van der Waals surface area contributed by atoms with Gasteiger partial charge >= 0.3 is 0 Å². The van der Waals surface area contributed by atoms with E-state index in [-0.39, 0.29) is 5.82 Å². The molecular weight excluding hydrogens is 235 g/mol. The molecule has 0 saturated heterocycles. The number of benzene rings is 1. The molecule has 0 spiro atoms. The minimum atomic E-state index is -0.164. The summed E-state index contributed by atoms with van der Waals surface area (Å²) < 4.78 is 13.8. The third-order valence-corrected chi connectivity index (χ3v) is 3.57. The predicted molar refractivity (Wildman–Crippen MR) is 72.3 cm³/mol. The number of likely N-dealkylation sites (N-methyl/N-ethyl adjacent to an activating group) is 1. The van der Waals surface area contributed by atoms with Crippen molar-refractivity contribution >= 4 is 22.7 Å². The van der Waals surface area contributed by atoms with E-state index >= 15 is 0 Å². The van der Waals surface area contributed by atoms with E-state index in [4.69, 9.17) is 0 Å². The lowest BCUT2D eigenvalue weighted by molar-refractivity contribution is 0.414. The molecule has 1 heterocycles. The number of thioether (sulfide) groups is 1. The summed E-state index contributed by atoms with van der Waals surface area (Å²) in [6.07, 6.45) is 4.82. The number of H-pyrrole nitrogens is 1. The highest BCUT2D eigenvalue weighted by Crippen LogP contribution is 2.27. The van der Waals surface area contributed by atoms with E-state index in [0.29, 0.717) is 5.52 Å². The second-order valence-corrected chi connectivity index (χ2v) is 5.28. The fraction of sp³-hybridized carbons (Fsp3) is 0.385. The molecule has 92 valence electrons. The maximum absolute atomic E-state index is 13.8. The van der Waals surface area contributed by atoms with Crippen LogP contribution in [0.25, 0.3) is 10.9 Å². The van der Waals surface area contributed by atoms with Crippen LogP contribution in [-0.2, 0) is 6.42 Å². The predicted octanol–water partition coefficient (Wildman–Crippen LogP) is 3.13. The molecule has 1 N–H and O–H groups in total. The van der Waals surface area contributed by atoms with Gasteiger partial charge in [0.1, 0.15) is 5.82 Å². The first-order chi connectivity index (χ1) is 8.11. The summed E-state index contributed by atoms with van der Waals surface area (Å²) in [5, 5.41) is 1.01. The number of nitrogens with one attached hydrogen (secondary N) is 1. The van der Waals surface area contributed by atoms with Crippen LogP contribution in [0.3, 0.4) is 0 Å². The Labute approximate surface area is 105 Å². The number of hydrogen-bond acceptors (Lipinski definition) is 2. The van der Waals surface area contributed by atoms with Crippen LogP contribution in [-0.4, -0.2) is 36.8 Å². The molecule has 0 saturated carbocycles. The lowest BCUT2D eigenvalue weighted by Gasteiger charge is -2.08. The molecule has 1 aromatic heterocycles. The van der Waals surface area contributed by atoms with Crippen LogP contribution in [0, 0.1) is 5.82 Å². The van der Waals surface area contributed by atoms with Crippen molar-refractivity contribution in [2.45, 2.75) is 11.3 Å². The highest BCUT2D eigenvalue weighted by atomic mass is 32.2. The average molecular weight is 252 g/mol. The van der Waals surface area contributed by atoms with Crippen LogP contribution >= 0.6 is 11.8 Å². The number of fused-ring (bicyclic) bond motifs is 1. The van der Waals surface area contributed by atoms with Crippen molar-refractivity contribution in [3.8, 4) is 0 Å². The summed E-state index contributed by atoms with van der Waals surface area (Å²) in [5.74, 6) is -0.164. The highest BCUT2D eigenvalue weighted by Gasteiger charge is 2.09. The van der Waals surface area contributed by atoms with Gasteiger partial charge in [-0.25, -0.2) is 4.39 Å². The molecule has 0 aliphatic carbocycles. The van der Waals surface area contributed by atoms with Crippen molar-refractivity contribution in [2.24, 2.45) is 0 Å². The molecule has 0 aliphatic heterocycles. The summed E-state index contributed by atoms with van der Waals surface area (Å²) in [5.41, 5.74) is 1.81. The third-order valence-electron chi connectivity index (χ3n) is 2.86. The monoisotopic (exact) mass is 252 g/mol. The molecule has 0 radical (unpaired) electrons. The molecular formula is C13H17FN2S. The lowest BCUT2D eigenvalue weighted by atomic mass is 10.1. The molecule has 17 heavy (non-hydrogen) atoms. The Bertz CT molecular complexity index is 519. The Balaban J connectivity index is 2.40.